The van der Waals surface area contributed by atoms with Gasteiger partial charge in [-0.2, -0.15) is 8.42 Å². The van der Waals surface area contributed by atoms with Crippen LogP contribution in [0, 0.1) is 12.7 Å². The molecule has 0 radical (unpaired) electrons. The molecule has 0 atom stereocenters. The maximum absolute atomic E-state index is 14.1. The fraction of sp³-hybridized carbons (Fsp3) is 0.0455. The Morgan fingerprint density at radius 2 is 1.75 bits per heavy atom. The minimum absolute atomic E-state index is 0. The number of rotatable bonds is 4. The van der Waals surface area contributed by atoms with Crippen molar-refractivity contribution in [2.24, 2.45) is 10.2 Å². The summed E-state index contributed by atoms with van der Waals surface area (Å²) in [5.41, 5.74) is 8.53. The van der Waals surface area contributed by atoms with Crippen molar-refractivity contribution in [3.8, 4) is 11.3 Å². The van der Waals surface area contributed by atoms with Crippen LogP contribution >= 0.6 is 0 Å². The van der Waals surface area contributed by atoms with Crippen LogP contribution in [0.15, 0.2) is 82.0 Å². The number of anilines is 1. The minimum Gasteiger partial charge on any atom is -1.00 e. The first-order chi connectivity index (χ1) is 14.7. The number of benzene rings is 3. The third kappa shape index (κ3) is 4.87. The standard InChI is InChI=1S/C22H17FN4O3S.Na.H/c1-13-6-8-18(23)17(10-13)19-9-7-14(12-25-19)26-27-20-11-21(31(28,29)30)15-4-2-3-5-16(15)22(20)24;;/h2-12H,24H2,1H3,(H,28,29,30);;/q;+1;-1. The van der Waals surface area contributed by atoms with E-state index in [0.29, 0.717) is 22.3 Å². The Balaban J connectivity index is 0.00000193. The van der Waals surface area contributed by atoms with Gasteiger partial charge in [-0.25, -0.2) is 4.39 Å². The van der Waals surface area contributed by atoms with E-state index in [2.05, 4.69) is 15.2 Å². The van der Waals surface area contributed by atoms with Crippen LogP contribution in [-0.2, 0) is 10.1 Å². The van der Waals surface area contributed by atoms with Crippen molar-refractivity contribution in [3.05, 3.63) is 78.2 Å². The molecule has 7 nitrogen and oxygen atoms in total. The van der Waals surface area contributed by atoms with E-state index in [0.717, 1.165) is 5.56 Å². The van der Waals surface area contributed by atoms with Gasteiger partial charge in [-0.3, -0.25) is 9.54 Å². The Labute approximate surface area is 207 Å². The van der Waals surface area contributed by atoms with E-state index < -0.39 is 10.1 Å². The first kappa shape index (κ1) is 24.0. The monoisotopic (exact) mass is 460 g/mol. The van der Waals surface area contributed by atoms with E-state index >= 15 is 0 Å². The van der Waals surface area contributed by atoms with Crippen LogP contribution in [-0.4, -0.2) is 18.0 Å². The van der Waals surface area contributed by atoms with Gasteiger partial charge in [-0.1, -0.05) is 35.9 Å². The molecule has 10 heteroatoms. The second-order valence-electron chi connectivity index (χ2n) is 6.91. The Bertz CT molecular complexity index is 1450. The number of aryl methyl sites for hydroxylation is 1. The molecule has 0 bridgehead atoms. The molecule has 0 aliphatic heterocycles. The molecule has 3 aromatic carbocycles. The number of hydrogen-bond donors (Lipinski definition) is 2. The third-order valence-electron chi connectivity index (χ3n) is 4.72. The topological polar surface area (TPSA) is 118 Å². The zero-order valence-corrected chi connectivity index (χ0v) is 20.1. The summed E-state index contributed by atoms with van der Waals surface area (Å²) in [5, 5.41) is 8.81. The van der Waals surface area contributed by atoms with E-state index in [1.165, 1.54) is 18.3 Å². The molecular formula is C22H18FN4NaO3S. The first-order valence-corrected chi connectivity index (χ1v) is 10.6. The zero-order chi connectivity index (χ0) is 22.2. The SMILES string of the molecule is Cc1ccc(F)c(-c2ccc(N=Nc3cc(S(=O)(=O)O)c4ccccc4c3N)cn2)c1.[H-].[Na+]. The number of nitrogen functional groups attached to an aromatic ring is 1. The molecule has 0 fully saturated rings. The number of nitrogens with zero attached hydrogens (tertiary/aromatic N) is 3. The summed E-state index contributed by atoms with van der Waals surface area (Å²) in [4.78, 5) is 3.92. The number of azo groups is 1. The van der Waals surface area contributed by atoms with Crippen LogP contribution in [0.25, 0.3) is 22.0 Å². The van der Waals surface area contributed by atoms with E-state index in [9.17, 15) is 17.4 Å². The van der Waals surface area contributed by atoms with Gasteiger partial charge < -0.3 is 7.16 Å². The van der Waals surface area contributed by atoms with Gasteiger partial charge in [0, 0.05) is 16.3 Å². The Morgan fingerprint density at radius 3 is 2.41 bits per heavy atom. The number of aromatic nitrogens is 1. The fourth-order valence-electron chi connectivity index (χ4n) is 3.20. The molecule has 4 aromatic rings. The molecule has 32 heavy (non-hydrogen) atoms. The molecule has 4 rings (SSSR count). The molecule has 0 saturated heterocycles. The van der Waals surface area contributed by atoms with Crippen molar-refractivity contribution in [1.82, 2.24) is 4.98 Å². The average Bonchev–Trinajstić information content (AvgIpc) is 2.75. The summed E-state index contributed by atoms with van der Waals surface area (Å²) in [7, 11) is -4.50. The van der Waals surface area contributed by atoms with Crippen molar-refractivity contribution in [1.29, 1.82) is 0 Å². The number of hydrogen-bond acceptors (Lipinski definition) is 6. The molecule has 0 unspecified atom stereocenters. The van der Waals surface area contributed by atoms with Gasteiger partial charge in [0.25, 0.3) is 10.1 Å². The molecule has 1 heterocycles. The van der Waals surface area contributed by atoms with Crippen molar-refractivity contribution >= 4 is 38.0 Å². The molecule has 0 aliphatic rings. The average molecular weight is 460 g/mol. The van der Waals surface area contributed by atoms with Gasteiger partial charge in [0.15, 0.2) is 0 Å². The van der Waals surface area contributed by atoms with Crippen molar-refractivity contribution < 1.29 is 48.3 Å². The summed E-state index contributed by atoms with van der Waals surface area (Å²) in [6.45, 7) is 1.86. The normalized spacial score (nSPS) is 11.6. The van der Waals surface area contributed by atoms with Gasteiger partial charge in [0.2, 0.25) is 0 Å². The number of nitrogens with two attached hydrogens (primary N) is 1. The van der Waals surface area contributed by atoms with Crippen LogP contribution in [0.3, 0.4) is 0 Å². The molecule has 1 aromatic heterocycles. The van der Waals surface area contributed by atoms with Crippen LogP contribution < -0.4 is 35.3 Å². The van der Waals surface area contributed by atoms with Gasteiger partial charge in [-0.05, 0) is 37.3 Å². The van der Waals surface area contributed by atoms with E-state index in [1.54, 1.807) is 48.5 Å². The van der Waals surface area contributed by atoms with E-state index in [4.69, 9.17) is 5.73 Å². The van der Waals surface area contributed by atoms with Gasteiger partial charge in [-0.15, -0.1) is 10.2 Å². The second-order valence-corrected chi connectivity index (χ2v) is 8.30. The number of fused-ring (bicyclic) bond motifs is 1. The fourth-order valence-corrected chi connectivity index (χ4v) is 3.91. The number of pyridine rings is 1. The predicted molar refractivity (Wildman–Crippen MR) is 118 cm³/mol. The predicted octanol–water partition coefficient (Wildman–Crippen LogP) is 2.71. The van der Waals surface area contributed by atoms with E-state index in [1.807, 2.05) is 6.92 Å². The largest absolute Gasteiger partial charge is 1.00 e. The summed E-state index contributed by atoms with van der Waals surface area (Å²) < 4.78 is 47.3. The molecule has 158 valence electrons. The molecule has 0 saturated carbocycles. The summed E-state index contributed by atoms with van der Waals surface area (Å²) in [6.07, 6.45) is 1.42. The van der Waals surface area contributed by atoms with Crippen LogP contribution in [0.1, 0.15) is 6.99 Å². The van der Waals surface area contributed by atoms with Crippen LogP contribution in [0.2, 0.25) is 0 Å². The molecule has 0 spiro atoms. The minimum atomic E-state index is -4.50. The Morgan fingerprint density at radius 1 is 1.03 bits per heavy atom. The Hall–Kier alpha value is -2.69. The van der Waals surface area contributed by atoms with Gasteiger partial charge in [0.1, 0.15) is 22.1 Å². The quantitative estimate of drug-likeness (QED) is 0.210. The molecule has 0 aliphatic carbocycles. The van der Waals surface area contributed by atoms with Crippen molar-refractivity contribution in [3.63, 3.8) is 0 Å². The molecule has 0 amide bonds. The zero-order valence-electron chi connectivity index (χ0n) is 18.3. The van der Waals surface area contributed by atoms with Gasteiger partial charge >= 0.3 is 29.6 Å². The maximum Gasteiger partial charge on any atom is 1.00 e. The third-order valence-corrected chi connectivity index (χ3v) is 5.62. The van der Waals surface area contributed by atoms with E-state index in [-0.39, 0.29) is 58.5 Å². The second kappa shape index (κ2) is 9.43. The van der Waals surface area contributed by atoms with Crippen molar-refractivity contribution in [2.45, 2.75) is 11.8 Å². The first-order valence-electron chi connectivity index (χ1n) is 9.17. The van der Waals surface area contributed by atoms with Crippen LogP contribution in [0.4, 0.5) is 21.5 Å². The molecule has 3 N–H and O–H groups in total. The Kier molecular flexibility index (Phi) is 7.06. The van der Waals surface area contributed by atoms with Gasteiger partial charge in [0.05, 0.1) is 17.6 Å². The smallest absolute Gasteiger partial charge is 1.00 e. The van der Waals surface area contributed by atoms with Crippen LogP contribution in [0.5, 0.6) is 0 Å². The molecular weight excluding hydrogens is 442 g/mol. The summed E-state index contributed by atoms with van der Waals surface area (Å²) in [5.74, 6) is -0.380. The summed E-state index contributed by atoms with van der Waals surface area (Å²) in [6, 6.07) is 15.7. The number of halogens is 1. The van der Waals surface area contributed by atoms with Crippen molar-refractivity contribution in [2.75, 3.05) is 5.73 Å². The summed E-state index contributed by atoms with van der Waals surface area (Å²) >= 11 is 0. The maximum atomic E-state index is 14.1.